The number of allylic oxidation sites excluding steroid dienone is 8. The molecule has 2 aliphatic carbocycles. The monoisotopic (exact) mass is 1760 g/mol. The van der Waals surface area contributed by atoms with Crippen molar-refractivity contribution in [3.8, 4) is 22.3 Å². The Hall–Kier alpha value is -12.7. The Bertz CT molecular complexity index is 6980. The molecule has 0 N–H and O–H groups in total. The van der Waals surface area contributed by atoms with Gasteiger partial charge in [-0.2, -0.15) is 8.75 Å². The topological polar surface area (TPSA) is 25.8 Å². The molecule has 21 rings (SSSR count). The molecule has 133 heavy (non-hydrogen) atoms. The zero-order chi connectivity index (χ0) is 94.7. The van der Waals surface area contributed by atoms with Gasteiger partial charge in [-0.25, -0.2) is 0 Å². The van der Waals surface area contributed by atoms with Gasteiger partial charge < -0.3 is 0 Å². The molecule has 18 aromatic carbocycles. The maximum absolute atomic E-state index is 4.27. The number of hydrogen-bond acceptors (Lipinski definition) is 3. The third-order valence-electron chi connectivity index (χ3n) is 26.1. The first kappa shape index (κ1) is 97.9. The maximum atomic E-state index is 4.27. The van der Waals surface area contributed by atoms with Gasteiger partial charge >= 0.3 is 0 Å². The molecule has 2 nitrogen and oxygen atoms in total. The van der Waals surface area contributed by atoms with Gasteiger partial charge in [0.25, 0.3) is 0 Å². The molecule has 1 heterocycles. The summed E-state index contributed by atoms with van der Waals surface area (Å²) in [7, 11) is 0. The van der Waals surface area contributed by atoms with Crippen molar-refractivity contribution in [2.45, 2.75) is 219 Å². The molecule has 0 fully saturated rings. The molecule has 0 atom stereocenters. The summed E-state index contributed by atoms with van der Waals surface area (Å²) in [6.07, 6.45) is 11.4. The van der Waals surface area contributed by atoms with E-state index in [1.165, 1.54) is 210 Å². The first-order valence-electron chi connectivity index (χ1n) is 48.7. The van der Waals surface area contributed by atoms with Gasteiger partial charge in [-0.15, -0.1) is 0 Å². The predicted octanol–water partition coefficient (Wildman–Crippen LogP) is 39.3. The number of rotatable bonds is 12. The highest BCUT2D eigenvalue weighted by Gasteiger charge is 2.20. The van der Waals surface area contributed by atoms with E-state index in [2.05, 4.69) is 502 Å². The Balaban J connectivity index is 0.000000129. The van der Waals surface area contributed by atoms with E-state index in [9.17, 15) is 0 Å². The minimum atomic E-state index is 0.524. The second kappa shape index (κ2) is 45.6. The van der Waals surface area contributed by atoms with Crippen molar-refractivity contribution in [3.05, 3.63) is 441 Å². The van der Waals surface area contributed by atoms with Crippen LogP contribution in [0.4, 0.5) is 0 Å². The van der Waals surface area contributed by atoms with Gasteiger partial charge in [-0.1, -0.05) is 481 Å². The molecule has 0 radical (unpaired) electrons. The molecule has 0 bridgehead atoms. The number of benzene rings is 18. The lowest BCUT2D eigenvalue weighted by Gasteiger charge is -2.16. The summed E-state index contributed by atoms with van der Waals surface area (Å²) in [6, 6.07) is 118. The van der Waals surface area contributed by atoms with Gasteiger partial charge in [-0.3, -0.25) is 0 Å². The molecule has 676 valence electrons. The Morgan fingerprint density at radius 2 is 0.632 bits per heavy atom. The van der Waals surface area contributed by atoms with Crippen LogP contribution in [0.3, 0.4) is 0 Å². The first-order valence-corrected chi connectivity index (χ1v) is 49.4. The van der Waals surface area contributed by atoms with Crippen molar-refractivity contribution in [2.75, 3.05) is 0 Å². The van der Waals surface area contributed by atoms with E-state index in [4.69, 9.17) is 0 Å². The molecule has 1 aromatic heterocycles. The van der Waals surface area contributed by atoms with Crippen LogP contribution in [0.1, 0.15) is 258 Å². The Morgan fingerprint density at radius 1 is 0.233 bits per heavy atom. The molecule has 2 aliphatic rings. The third-order valence-corrected chi connectivity index (χ3v) is 26.6. The van der Waals surface area contributed by atoms with E-state index in [1.807, 2.05) is 18.2 Å². The van der Waals surface area contributed by atoms with Gasteiger partial charge in [0, 0.05) is 0 Å². The lowest BCUT2D eigenvalue weighted by atomic mass is 9.88. The Kier molecular flexibility index (Phi) is 33.6. The Labute approximate surface area is 800 Å². The smallest absolute Gasteiger partial charge is 0.108 e. The van der Waals surface area contributed by atoms with Gasteiger partial charge in [0.05, 0.1) is 11.7 Å². The fourth-order valence-corrected chi connectivity index (χ4v) is 19.4. The van der Waals surface area contributed by atoms with E-state index in [0.29, 0.717) is 53.3 Å². The highest BCUT2D eigenvalue weighted by molar-refractivity contribution is 7.00. The summed E-state index contributed by atoms with van der Waals surface area (Å²) in [6.45, 7) is 51.2. The van der Waals surface area contributed by atoms with Crippen molar-refractivity contribution in [1.82, 2.24) is 8.75 Å². The fraction of sp³-hybridized carbons (Fsp3) is 0.262. The molecule has 0 saturated heterocycles. The quantitative estimate of drug-likeness (QED) is 0.0900. The van der Waals surface area contributed by atoms with Gasteiger partial charge in [0.1, 0.15) is 11.0 Å². The number of aryl methyl sites for hydroxylation is 4. The molecular weight excluding hydrogens is 1620 g/mol. The Morgan fingerprint density at radius 3 is 1.10 bits per heavy atom. The van der Waals surface area contributed by atoms with Crippen LogP contribution in [0, 0.1) is 33.6 Å². The molecule has 0 aliphatic heterocycles. The van der Waals surface area contributed by atoms with Crippen molar-refractivity contribution in [3.63, 3.8) is 0 Å². The van der Waals surface area contributed by atoms with Crippen LogP contribution in [0.5, 0.6) is 0 Å². The standard InChI is InChI=1S/C21H20.2C19H16.C17H16.C14H18.C12H18.C10H14.C9H10N2S.C9H12/c1-16(2)19-13-20(17-9-5-3-6-10-17)15-21(14-19)18-11-7-4-8-12-18;1-12(2)17-11-15-7-3-5-13-9-10-14-6-4-8-16(17)19(14)18(13)15;1-12(2)17-10-15-8-6-13-4-3-5-14-7-9-16(11-17)19(15)18(13)14;1-12(2)17-15-9-5-3-7-13(15)11-14-8-4-6-10-16(14)17;1-10(2)12-6-7-14(9-12)13-5-4-11(3)8-13;1-8(2)12-10(4)6-9(3)7-11(12)5;1-8(2)10-6-4-9(3)5-7-10;1-6(2)7-4-3-5-8-9(7)11-12-10-8;1-8(2)9-6-4-3-5-7-9/h3-16H,1-2H3;2*3-12H,1-2H3;3-12H,1-2H3;4-7,10H,8-9H2,1-3H3;6-8H,1-5H3;4-8H,1-3H3;3-6H,1-2H3;3-8H,1-2H3. The van der Waals surface area contributed by atoms with Crippen molar-refractivity contribution in [2.24, 2.45) is 5.92 Å². The van der Waals surface area contributed by atoms with Crippen molar-refractivity contribution >= 4 is 109 Å². The maximum Gasteiger partial charge on any atom is 0.108 e. The highest BCUT2D eigenvalue weighted by atomic mass is 32.1. The summed E-state index contributed by atoms with van der Waals surface area (Å²) in [4.78, 5) is 0. The summed E-state index contributed by atoms with van der Waals surface area (Å²) in [5.41, 5.74) is 30.3. The van der Waals surface area contributed by atoms with Crippen LogP contribution in [-0.4, -0.2) is 8.75 Å². The van der Waals surface area contributed by atoms with Crippen molar-refractivity contribution in [1.29, 1.82) is 0 Å². The van der Waals surface area contributed by atoms with Crippen LogP contribution < -0.4 is 0 Å². The number of nitrogens with zero attached hydrogens (tertiary/aromatic N) is 2. The van der Waals surface area contributed by atoms with Gasteiger partial charge in [0.2, 0.25) is 0 Å². The van der Waals surface area contributed by atoms with Crippen LogP contribution in [-0.2, 0) is 0 Å². The number of fused-ring (bicyclic) bond motifs is 3. The number of hydrogen-bond donors (Lipinski definition) is 0. The van der Waals surface area contributed by atoms with E-state index >= 15 is 0 Å². The molecular formula is C130H140N2S. The second-order valence-electron chi connectivity index (χ2n) is 39.4. The van der Waals surface area contributed by atoms with Gasteiger partial charge in [0.15, 0.2) is 0 Å². The first-order chi connectivity index (χ1) is 64.0. The summed E-state index contributed by atoms with van der Waals surface area (Å²) >= 11 is 1.28. The zero-order valence-electron chi connectivity index (χ0n) is 83.4. The minimum Gasteiger partial charge on any atom is -0.173 e. The summed E-state index contributed by atoms with van der Waals surface area (Å²) < 4.78 is 8.46. The molecule has 3 heteroatoms. The summed E-state index contributed by atoms with van der Waals surface area (Å²) in [5.74, 6) is 5.37. The SMILES string of the molecule is CC(C)c1c2ccccc2cc2ccccc12.CC(C)c1cc(-c2ccccc2)cc(-c2ccccc2)c1.CC(C)c1cc2ccc3cccc4ccc(c1)c2c34.CC(C)c1cc2cccc3ccc4cccc1c4c32.CC(C)c1cccc2nsnc12.CC(C)c1ccccc1.CC1=CC=C(C2=CC=C(C(C)C)C2)C1.Cc1cc(C)c(C(C)C)c(C)c1.Cc1ccc(C(C)C)cc1. The molecule has 19 aromatic rings. The third kappa shape index (κ3) is 24.6. The summed E-state index contributed by atoms with van der Waals surface area (Å²) in [5, 5.41) is 22.0. The minimum absolute atomic E-state index is 0.524. The van der Waals surface area contributed by atoms with Crippen LogP contribution >= 0.6 is 11.7 Å². The van der Waals surface area contributed by atoms with E-state index in [0.717, 1.165) is 17.5 Å². The van der Waals surface area contributed by atoms with Crippen LogP contribution in [0.2, 0.25) is 0 Å². The van der Waals surface area contributed by atoms with E-state index in [-0.39, 0.29) is 0 Å². The van der Waals surface area contributed by atoms with Gasteiger partial charge in [-0.05, 0) is 294 Å². The molecule has 0 saturated carbocycles. The highest BCUT2D eigenvalue weighted by Crippen LogP contribution is 2.42. The lowest BCUT2D eigenvalue weighted by molar-refractivity contribution is 0.747. The normalized spacial score (nSPS) is 12.3. The average Bonchev–Trinajstić information content (AvgIpc) is 0.890. The average molecular weight is 1760 g/mol. The number of aromatic nitrogens is 2. The van der Waals surface area contributed by atoms with E-state index < -0.39 is 0 Å². The van der Waals surface area contributed by atoms with Crippen LogP contribution in [0.25, 0.3) is 119 Å². The second-order valence-corrected chi connectivity index (χ2v) is 39.9. The molecule has 0 spiro atoms. The van der Waals surface area contributed by atoms with E-state index in [1.54, 1.807) is 5.57 Å². The van der Waals surface area contributed by atoms with Crippen molar-refractivity contribution < 1.29 is 0 Å². The molecule has 0 amide bonds. The lowest BCUT2D eigenvalue weighted by Crippen LogP contribution is -1.96. The van der Waals surface area contributed by atoms with Crippen LogP contribution in [0.15, 0.2) is 374 Å². The molecule has 0 unspecified atom stereocenters. The fourth-order valence-electron chi connectivity index (χ4n) is 18.9. The zero-order valence-corrected chi connectivity index (χ0v) is 84.2. The predicted molar refractivity (Wildman–Crippen MR) is 590 cm³/mol. The largest absolute Gasteiger partial charge is 0.173 e.